The minimum Gasteiger partial charge on any atom is -0.383 e. The van der Waals surface area contributed by atoms with Gasteiger partial charge >= 0.3 is 0 Å². The van der Waals surface area contributed by atoms with Crippen LogP contribution in [0.15, 0.2) is 30.7 Å². The van der Waals surface area contributed by atoms with Crippen molar-refractivity contribution in [2.24, 2.45) is 5.92 Å². The van der Waals surface area contributed by atoms with Gasteiger partial charge in [0.15, 0.2) is 5.13 Å². The molecule has 6 nitrogen and oxygen atoms in total. The molecule has 0 spiro atoms. The quantitative estimate of drug-likeness (QED) is 0.608. The second-order valence-electron chi connectivity index (χ2n) is 7.81. The van der Waals surface area contributed by atoms with Gasteiger partial charge in [0.1, 0.15) is 0 Å². The highest BCUT2D eigenvalue weighted by molar-refractivity contribution is 7.15. The van der Waals surface area contributed by atoms with E-state index in [1.54, 1.807) is 18.4 Å². The topological polar surface area (TPSA) is 44.7 Å². The normalized spacial score (nSPS) is 16.0. The Morgan fingerprint density at radius 2 is 1.93 bits per heavy atom. The predicted molar refractivity (Wildman–Crippen MR) is 116 cm³/mol. The minimum atomic E-state index is 0.752. The zero-order valence-corrected chi connectivity index (χ0v) is 18.2. The number of thiazole rings is 1. The zero-order valence-electron chi connectivity index (χ0n) is 17.4. The molecule has 1 aliphatic rings. The number of anilines is 1. The van der Waals surface area contributed by atoms with Crippen molar-refractivity contribution >= 4 is 16.5 Å². The number of pyridine rings is 1. The molecule has 7 heteroatoms. The first-order chi connectivity index (χ1) is 13.6. The van der Waals surface area contributed by atoms with E-state index in [2.05, 4.69) is 50.9 Å². The van der Waals surface area contributed by atoms with Crippen molar-refractivity contribution in [3.8, 4) is 0 Å². The molecule has 0 bridgehead atoms. The number of likely N-dealkylation sites (tertiary alicyclic amines) is 1. The Morgan fingerprint density at radius 3 is 2.57 bits per heavy atom. The molecule has 3 heterocycles. The molecule has 0 aromatic carbocycles. The molecule has 0 N–H and O–H groups in total. The van der Waals surface area contributed by atoms with Crippen molar-refractivity contribution in [1.29, 1.82) is 0 Å². The van der Waals surface area contributed by atoms with Crippen molar-refractivity contribution in [2.75, 3.05) is 58.9 Å². The lowest BCUT2D eigenvalue weighted by molar-refractivity contribution is 0.104. The summed E-state index contributed by atoms with van der Waals surface area (Å²) in [6, 6.07) is 4.25. The largest absolute Gasteiger partial charge is 0.383 e. The third-order valence-electron chi connectivity index (χ3n) is 5.29. The summed E-state index contributed by atoms with van der Waals surface area (Å²) >= 11 is 1.79. The van der Waals surface area contributed by atoms with E-state index in [1.165, 1.54) is 36.4 Å². The molecule has 1 aliphatic heterocycles. The van der Waals surface area contributed by atoms with Crippen LogP contribution in [0.1, 0.15) is 23.3 Å². The van der Waals surface area contributed by atoms with Crippen LogP contribution in [0.25, 0.3) is 0 Å². The maximum absolute atomic E-state index is 5.22. The number of aromatic nitrogens is 2. The van der Waals surface area contributed by atoms with Gasteiger partial charge < -0.3 is 14.5 Å². The Bertz CT molecular complexity index is 685. The number of methoxy groups -OCH3 is 1. The van der Waals surface area contributed by atoms with Crippen molar-refractivity contribution < 1.29 is 4.74 Å². The van der Waals surface area contributed by atoms with Gasteiger partial charge in [-0.15, -0.1) is 11.3 Å². The summed E-state index contributed by atoms with van der Waals surface area (Å²) in [6.45, 7) is 7.30. The van der Waals surface area contributed by atoms with Gasteiger partial charge in [0.25, 0.3) is 0 Å². The highest BCUT2D eigenvalue weighted by Gasteiger charge is 2.22. The van der Waals surface area contributed by atoms with Crippen LogP contribution in [-0.2, 0) is 17.8 Å². The fraction of sp³-hybridized carbons (Fsp3) is 0.619. The van der Waals surface area contributed by atoms with Crippen LogP contribution < -0.4 is 4.90 Å². The van der Waals surface area contributed by atoms with Gasteiger partial charge in [0.05, 0.1) is 6.61 Å². The van der Waals surface area contributed by atoms with Crippen molar-refractivity contribution in [3.05, 3.63) is 41.2 Å². The van der Waals surface area contributed by atoms with E-state index in [4.69, 9.17) is 4.74 Å². The summed E-state index contributed by atoms with van der Waals surface area (Å²) in [5, 5.41) is 1.07. The van der Waals surface area contributed by atoms with E-state index >= 15 is 0 Å². The van der Waals surface area contributed by atoms with E-state index in [0.717, 1.165) is 43.8 Å². The van der Waals surface area contributed by atoms with Gasteiger partial charge in [-0.05, 0) is 49.5 Å². The van der Waals surface area contributed by atoms with Crippen LogP contribution in [-0.4, -0.2) is 73.8 Å². The van der Waals surface area contributed by atoms with Gasteiger partial charge in [-0.1, -0.05) is 0 Å². The summed E-state index contributed by atoms with van der Waals surface area (Å²) in [5.74, 6) is 0.752. The lowest BCUT2D eigenvalue weighted by Gasteiger charge is -2.34. The van der Waals surface area contributed by atoms with Crippen LogP contribution in [0.3, 0.4) is 0 Å². The molecule has 154 valence electrons. The molecule has 3 rings (SSSR count). The first kappa shape index (κ1) is 21.2. The fourth-order valence-corrected chi connectivity index (χ4v) is 4.58. The maximum Gasteiger partial charge on any atom is 0.185 e. The summed E-state index contributed by atoms with van der Waals surface area (Å²) in [5.41, 5.74) is 1.32. The molecule has 0 radical (unpaired) electrons. The second-order valence-corrected chi connectivity index (χ2v) is 8.90. The molecule has 2 aromatic heterocycles. The Balaban J connectivity index is 1.59. The van der Waals surface area contributed by atoms with Gasteiger partial charge in [-0.3, -0.25) is 9.88 Å². The monoisotopic (exact) mass is 403 g/mol. The summed E-state index contributed by atoms with van der Waals surface area (Å²) in [7, 11) is 5.88. The van der Waals surface area contributed by atoms with Crippen LogP contribution in [0, 0.1) is 5.92 Å². The van der Waals surface area contributed by atoms with Gasteiger partial charge in [-0.2, -0.15) is 0 Å². The van der Waals surface area contributed by atoms with Crippen molar-refractivity contribution in [1.82, 2.24) is 19.8 Å². The van der Waals surface area contributed by atoms with Crippen LogP contribution in [0.4, 0.5) is 5.13 Å². The molecule has 1 saturated heterocycles. The van der Waals surface area contributed by atoms with Gasteiger partial charge in [0, 0.05) is 70.9 Å². The van der Waals surface area contributed by atoms with Gasteiger partial charge in [-0.25, -0.2) is 4.98 Å². The smallest absolute Gasteiger partial charge is 0.185 e. The molecule has 0 aliphatic carbocycles. The maximum atomic E-state index is 5.22. The Morgan fingerprint density at radius 1 is 1.18 bits per heavy atom. The molecule has 0 amide bonds. The lowest BCUT2D eigenvalue weighted by Crippen LogP contribution is -2.39. The number of rotatable bonds is 10. The van der Waals surface area contributed by atoms with Crippen LogP contribution in [0.2, 0.25) is 0 Å². The second kappa shape index (κ2) is 10.9. The number of hydrogen-bond acceptors (Lipinski definition) is 7. The van der Waals surface area contributed by atoms with Crippen molar-refractivity contribution in [3.63, 3.8) is 0 Å². The highest BCUT2D eigenvalue weighted by Crippen LogP contribution is 2.25. The molecule has 0 saturated carbocycles. The van der Waals surface area contributed by atoms with E-state index in [9.17, 15) is 0 Å². The third-order valence-corrected chi connectivity index (χ3v) is 6.44. The summed E-state index contributed by atoms with van der Waals surface area (Å²) in [4.78, 5) is 17.2. The first-order valence-corrected chi connectivity index (χ1v) is 10.9. The fourth-order valence-electron chi connectivity index (χ4n) is 3.71. The van der Waals surface area contributed by atoms with E-state index in [-0.39, 0.29) is 0 Å². The first-order valence-electron chi connectivity index (χ1n) is 10.1. The Kier molecular flexibility index (Phi) is 8.21. The number of piperidine rings is 1. The minimum absolute atomic E-state index is 0.752. The Hall–Kier alpha value is -1.54. The van der Waals surface area contributed by atoms with Crippen LogP contribution in [0.5, 0.6) is 0 Å². The number of hydrogen-bond donors (Lipinski definition) is 0. The van der Waals surface area contributed by atoms with E-state index < -0.39 is 0 Å². The number of nitrogens with zero attached hydrogens (tertiary/aromatic N) is 5. The SMILES string of the molecule is COCCN1CCC(CN(Cc2ccncc2)Cc2cnc(N(C)C)s2)CC1. The average Bonchev–Trinajstić information content (AvgIpc) is 3.17. The predicted octanol–water partition coefficient (Wildman–Crippen LogP) is 2.96. The zero-order chi connectivity index (χ0) is 19.8. The molecule has 1 fully saturated rings. The number of ether oxygens (including phenoxy) is 1. The van der Waals surface area contributed by atoms with Crippen LogP contribution >= 0.6 is 11.3 Å². The molecule has 0 unspecified atom stereocenters. The summed E-state index contributed by atoms with van der Waals surface area (Å²) in [6.07, 6.45) is 8.34. The van der Waals surface area contributed by atoms with E-state index in [0.29, 0.717) is 0 Å². The van der Waals surface area contributed by atoms with E-state index in [1.807, 2.05) is 18.6 Å². The molecular weight excluding hydrogens is 370 g/mol. The molecular formula is C21H33N5OS. The lowest BCUT2D eigenvalue weighted by atomic mass is 9.96. The summed E-state index contributed by atoms with van der Waals surface area (Å²) < 4.78 is 5.22. The third kappa shape index (κ3) is 6.51. The highest BCUT2D eigenvalue weighted by atomic mass is 32.1. The molecule has 2 aromatic rings. The van der Waals surface area contributed by atoms with Gasteiger partial charge in [0.2, 0.25) is 0 Å². The standard InChI is InChI=1S/C21H33N5OS/c1-24(2)21-23-14-20(28-21)17-26(15-18-4-8-22-9-5-18)16-19-6-10-25(11-7-19)12-13-27-3/h4-5,8-9,14,19H,6-7,10-13,15-17H2,1-3H3. The average molecular weight is 404 g/mol. The molecule has 0 atom stereocenters. The van der Waals surface area contributed by atoms with Crippen molar-refractivity contribution in [2.45, 2.75) is 25.9 Å². The Labute approximate surface area is 173 Å². The molecule has 28 heavy (non-hydrogen) atoms.